The maximum absolute atomic E-state index is 13.1. The Bertz CT molecular complexity index is 1230. The number of aryl methyl sites for hydroxylation is 1. The first-order chi connectivity index (χ1) is 14.7. The molecule has 0 spiro atoms. The van der Waals surface area contributed by atoms with Gasteiger partial charge in [-0.25, -0.2) is 4.98 Å². The minimum Gasteiger partial charge on any atom is -0.325 e. The first-order valence-corrected chi connectivity index (χ1v) is 11.5. The molecule has 5 nitrogen and oxygen atoms in total. The highest BCUT2D eigenvalue weighted by atomic mass is 32.2. The highest BCUT2D eigenvalue weighted by Crippen LogP contribution is 2.22. The predicted molar refractivity (Wildman–Crippen MR) is 125 cm³/mol. The number of rotatable bonds is 7. The standard InChI is InChI=1S/C23H21N3O2S2/c1-2-17-10-6-7-11-18(17)24-20(27)15-30-23-25-19-12-13-29-21(19)22(28)26(23)14-16-8-4-3-5-9-16/h3-13H,2,14-15H2,1H3,(H,24,27). The summed E-state index contributed by atoms with van der Waals surface area (Å²) in [7, 11) is 0. The lowest BCUT2D eigenvalue weighted by Crippen LogP contribution is -2.24. The van der Waals surface area contributed by atoms with E-state index < -0.39 is 0 Å². The van der Waals surface area contributed by atoms with Crippen molar-refractivity contribution in [2.24, 2.45) is 0 Å². The topological polar surface area (TPSA) is 64.0 Å². The molecule has 0 saturated carbocycles. The van der Waals surface area contributed by atoms with E-state index in [0.717, 1.165) is 23.2 Å². The molecule has 1 amide bonds. The third kappa shape index (κ3) is 4.47. The van der Waals surface area contributed by atoms with Crippen LogP contribution in [0.4, 0.5) is 5.69 Å². The first-order valence-electron chi connectivity index (χ1n) is 9.68. The quantitative estimate of drug-likeness (QED) is 0.335. The Hall–Kier alpha value is -2.90. The van der Waals surface area contributed by atoms with Crippen LogP contribution in [0.3, 0.4) is 0 Å². The molecule has 0 radical (unpaired) electrons. The molecule has 0 aliphatic rings. The number of amides is 1. The van der Waals surface area contributed by atoms with E-state index in [-0.39, 0.29) is 17.2 Å². The molecule has 2 aromatic heterocycles. The van der Waals surface area contributed by atoms with Gasteiger partial charge in [0.2, 0.25) is 5.91 Å². The molecule has 0 fully saturated rings. The van der Waals surface area contributed by atoms with Crippen LogP contribution >= 0.6 is 23.1 Å². The van der Waals surface area contributed by atoms with E-state index >= 15 is 0 Å². The summed E-state index contributed by atoms with van der Waals surface area (Å²) in [6.45, 7) is 2.48. The number of anilines is 1. The second kappa shape index (κ2) is 9.28. The number of nitrogens with zero attached hydrogens (tertiary/aromatic N) is 2. The average molecular weight is 436 g/mol. The second-order valence-corrected chi connectivity index (χ2v) is 8.61. The maximum atomic E-state index is 13.1. The van der Waals surface area contributed by atoms with Crippen LogP contribution in [0, 0.1) is 0 Å². The molecule has 4 rings (SSSR count). The van der Waals surface area contributed by atoms with Crippen molar-refractivity contribution in [1.29, 1.82) is 0 Å². The minimum atomic E-state index is -0.119. The van der Waals surface area contributed by atoms with Gasteiger partial charge < -0.3 is 5.32 Å². The van der Waals surface area contributed by atoms with Crippen LogP contribution in [-0.2, 0) is 17.8 Å². The number of hydrogen-bond acceptors (Lipinski definition) is 5. The molecular weight excluding hydrogens is 414 g/mol. The largest absolute Gasteiger partial charge is 0.325 e. The molecule has 2 heterocycles. The van der Waals surface area contributed by atoms with Crippen LogP contribution in [0.15, 0.2) is 76.0 Å². The lowest BCUT2D eigenvalue weighted by Gasteiger charge is -2.13. The fourth-order valence-corrected chi connectivity index (χ4v) is 4.78. The van der Waals surface area contributed by atoms with Gasteiger partial charge >= 0.3 is 0 Å². The number of nitrogens with one attached hydrogen (secondary N) is 1. The smallest absolute Gasteiger partial charge is 0.272 e. The lowest BCUT2D eigenvalue weighted by molar-refractivity contribution is -0.113. The van der Waals surface area contributed by atoms with E-state index in [0.29, 0.717) is 21.9 Å². The summed E-state index contributed by atoms with van der Waals surface area (Å²) in [5, 5.41) is 5.39. The van der Waals surface area contributed by atoms with Crippen LogP contribution in [0.5, 0.6) is 0 Å². The van der Waals surface area contributed by atoms with Crippen LogP contribution in [0.25, 0.3) is 10.2 Å². The summed E-state index contributed by atoms with van der Waals surface area (Å²) < 4.78 is 2.29. The third-order valence-electron chi connectivity index (χ3n) is 4.72. The van der Waals surface area contributed by atoms with E-state index in [1.54, 1.807) is 4.57 Å². The zero-order valence-corrected chi connectivity index (χ0v) is 18.1. The second-order valence-electron chi connectivity index (χ2n) is 6.75. The first kappa shape index (κ1) is 20.4. The van der Waals surface area contributed by atoms with E-state index in [9.17, 15) is 9.59 Å². The molecule has 0 unspecified atom stereocenters. The van der Waals surface area contributed by atoms with Gasteiger partial charge in [0.25, 0.3) is 5.56 Å². The van der Waals surface area contributed by atoms with Gasteiger partial charge in [0.1, 0.15) is 4.70 Å². The Kier molecular flexibility index (Phi) is 6.30. The normalized spacial score (nSPS) is 11.0. The van der Waals surface area contributed by atoms with E-state index in [2.05, 4.69) is 17.2 Å². The molecule has 4 aromatic rings. The zero-order chi connectivity index (χ0) is 20.9. The van der Waals surface area contributed by atoms with Crippen LogP contribution in [0.2, 0.25) is 0 Å². The molecule has 0 saturated heterocycles. The van der Waals surface area contributed by atoms with E-state index in [1.165, 1.54) is 23.1 Å². The monoisotopic (exact) mass is 435 g/mol. The van der Waals surface area contributed by atoms with Crippen molar-refractivity contribution in [1.82, 2.24) is 9.55 Å². The molecule has 7 heteroatoms. The van der Waals surface area contributed by atoms with Crippen molar-refractivity contribution < 1.29 is 4.79 Å². The minimum absolute atomic E-state index is 0.0712. The fraction of sp³-hybridized carbons (Fsp3) is 0.174. The van der Waals surface area contributed by atoms with Crippen molar-refractivity contribution in [2.45, 2.75) is 25.0 Å². The number of aromatic nitrogens is 2. The summed E-state index contributed by atoms with van der Waals surface area (Å²) in [6, 6.07) is 19.4. The Morgan fingerprint density at radius 2 is 1.87 bits per heavy atom. The van der Waals surface area contributed by atoms with E-state index in [4.69, 9.17) is 0 Å². The van der Waals surface area contributed by atoms with Gasteiger partial charge in [-0.2, -0.15) is 0 Å². The molecule has 0 bridgehead atoms. The Balaban J connectivity index is 1.57. The van der Waals surface area contributed by atoms with Gasteiger partial charge in [-0.05, 0) is 35.1 Å². The van der Waals surface area contributed by atoms with Gasteiger partial charge in [-0.3, -0.25) is 14.2 Å². The Morgan fingerprint density at radius 1 is 1.10 bits per heavy atom. The molecule has 2 aromatic carbocycles. The molecule has 0 atom stereocenters. The van der Waals surface area contributed by atoms with Gasteiger partial charge in [0, 0.05) is 5.69 Å². The Labute approximate surface area is 182 Å². The van der Waals surface area contributed by atoms with Crippen molar-refractivity contribution in [3.63, 3.8) is 0 Å². The van der Waals surface area contributed by atoms with E-state index in [1.807, 2.05) is 66.0 Å². The van der Waals surface area contributed by atoms with Gasteiger partial charge in [0.15, 0.2) is 5.16 Å². The summed E-state index contributed by atoms with van der Waals surface area (Å²) in [4.78, 5) is 30.3. The number of hydrogen-bond donors (Lipinski definition) is 1. The highest BCUT2D eigenvalue weighted by molar-refractivity contribution is 7.99. The molecule has 1 N–H and O–H groups in total. The number of benzene rings is 2. The molecular formula is C23H21N3O2S2. The number of thioether (sulfide) groups is 1. The van der Waals surface area contributed by atoms with Crippen LogP contribution in [-0.4, -0.2) is 21.2 Å². The van der Waals surface area contributed by atoms with Gasteiger partial charge in [0.05, 0.1) is 17.8 Å². The summed E-state index contributed by atoms with van der Waals surface area (Å²) >= 11 is 2.68. The number of thiophene rings is 1. The maximum Gasteiger partial charge on any atom is 0.272 e. The van der Waals surface area contributed by atoms with Crippen LogP contribution in [0.1, 0.15) is 18.1 Å². The van der Waals surface area contributed by atoms with Crippen molar-refractivity contribution in [2.75, 3.05) is 11.1 Å². The van der Waals surface area contributed by atoms with Gasteiger partial charge in [-0.15, -0.1) is 11.3 Å². The lowest BCUT2D eigenvalue weighted by atomic mass is 10.1. The molecule has 0 aliphatic heterocycles. The fourth-order valence-electron chi connectivity index (χ4n) is 3.21. The molecule has 30 heavy (non-hydrogen) atoms. The third-order valence-corrected chi connectivity index (χ3v) is 6.59. The predicted octanol–water partition coefficient (Wildman–Crippen LogP) is 4.80. The van der Waals surface area contributed by atoms with Crippen molar-refractivity contribution in [3.8, 4) is 0 Å². The summed E-state index contributed by atoms with van der Waals surface area (Å²) in [6.07, 6.45) is 0.844. The van der Waals surface area contributed by atoms with Crippen molar-refractivity contribution >= 4 is 44.9 Å². The molecule has 0 aliphatic carbocycles. The highest BCUT2D eigenvalue weighted by Gasteiger charge is 2.15. The van der Waals surface area contributed by atoms with Crippen molar-refractivity contribution in [3.05, 3.63) is 87.5 Å². The summed E-state index contributed by atoms with van der Waals surface area (Å²) in [5.74, 6) is 0.0568. The number of carbonyl (C=O) groups is 1. The molecule has 152 valence electrons. The average Bonchev–Trinajstić information content (AvgIpc) is 3.24. The number of para-hydroxylation sites is 1. The van der Waals surface area contributed by atoms with Gasteiger partial charge in [-0.1, -0.05) is 67.2 Å². The zero-order valence-electron chi connectivity index (χ0n) is 16.5. The Morgan fingerprint density at radius 3 is 2.67 bits per heavy atom. The SMILES string of the molecule is CCc1ccccc1NC(=O)CSc1nc2ccsc2c(=O)n1Cc1ccccc1. The summed E-state index contributed by atoms with van der Waals surface area (Å²) in [5.41, 5.74) is 3.54. The number of carbonyl (C=O) groups excluding carboxylic acids is 1. The number of fused-ring (bicyclic) bond motifs is 1. The van der Waals surface area contributed by atoms with Crippen LogP contribution < -0.4 is 10.9 Å².